The lowest BCUT2D eigenvalue weighted by atomic mass is 10.1. The van der Waals surface area contributed by atoms with Gasteiger partial charge in [-0.1, -0.05) is 53.5 Å². The molecule has 2 amide bonds. The molecule has 2 aliphatic heterocycles. The maximum absolute atomic E-state index is 13.2. The van der Waals surface area contributed by atoms with Crippen LogP contribution in [0.3, 0.4) is 0 Å². The Morgan fingerprint density at radius 2 is 1.58 bits per heavy atom. The van der Waals surface area contributed by atoms with Gasteiger partial charge in [0, 0.05) is 54.0 Å². The standard InChI is InChI=1S/C28H27Cl2N3O2S/c1-19-2-9-24(30)16-25(19)31-12-14-32(15-13-31)27(35)21-5-7-22(8-6-21)28-33(26(34)18-36-28)17-20-3-10-23(29)11-4-20/h2-11,16,28H,12-15,17-18H2,1H3/t28-/m0/s1. The zero-order chi connectivity index (χ0) is 25.2. The first-order chi connectivity index (χ1) is 17.4. The second kappa shape index (κ2) is 10.8. The third-order valence-electron chi connectivity index (χ3n) is 6.76. The van der Waals surface area contributed by atoms with E-state index in [1.165, 1.54) is 5.56 Å². The van der Waals surface area contributed by atoms with Crippen molar-refractivity contribution in [3.8, 4) is 0 Å². The number of rotatable bonds is 5. The normalized spacial score (nSPS) is 18.1. The summed E-state index contributed by atoms with van der Waals surface area (Å²) in [7, 11) is 0. The summed E-state index contributed by atoms with van der Waals surface area (Å²) in [5.41, 5.74) is 5.05. The summed E-state index contributed by atoms with van der Waals surface area (Å²) >= 11 is 13.8. The fraction of sp³-hybridized carbons (Fsp3) is 0.286. The number of carbonyl (C=O) groups excluding carboxylic acids is 2. The van der Waals surface area contributed by atoms with Gasteiger partial charge in [0.2, 0.25) is 5.91 Å². The van der Waals surface area contributed by atoms with Crippen LogP contribution in [-0.2, 0) is 11.3 Å². The molecule has 3 aromatic rings. The highest BCUT2D eigenvalue weighted by Gasteiger charge is 2.33. The number of thioether (sulfide) groups is 1. The molecule has 2 aliphatic rings. The van der Waals surface area contributed by atoms with Crippen LogP contribution in [0.5, 0.6) is 0 Å². The molecule has 2 fully saturated rings. The molecular weight excluding hydrogens is 513 g/mol. The predicted molar refractivity (Wildman–Crippen MR) is 148 cm³/mol. The van der Waals surface area contributed by atoms with Crippen molar-refractivity contribution in [2.75, 3.05) is 36.8 Å². The molecule has 3 aromatic carbocycles. The molecule has 0 bridgehead atoms. The van der Waals surface area contributed by atoms with Crippen molar-refractivity contribution < 1.29 is 9.59 Å². The van der Waals surface area contributed by atoms with E-state index in [1.807, 2.05) is 76.5 Å². The van der Waals surface area contributed by atoms with Gasteiger partial charge in [-0.3, -0.25) is 9.59 Å². The van der Waals surface area contributed by atoms with Crippen molar-refractivity contribution >= 4 is 52.5 Å². The van der Waals surface area contributed by atoms with Crippen LogP contribution in [0.15, 0.2) is 66.7 Å². The van der Waals surface area contributed by atoms with Gasteiger partial charge in [-0.15, -0.1) is 11.8 Å². The maximum Gasteiger partial charge on any atom is 0.253 e. The molecule has 8 heteroatoms. The Hall–Kier alpha value is -2.67. The Kier molecular flexibility index (Phi) is 7.47. The largest absolute Gasteiger partial charge is 0.368 e. The number of anilines is 1. The molecule has 0 aliphatic carbocycles. The van der Waals surface area contributed by atoms with E-state index in [1.54, 1.807) is 11.8 Å². The number of aryl methyl sites for hydroxylation is 1. The fourth-order valence-electron chi connectivity index (χ4n) is 4.73. The van der Waals surface area contributed by atoms with Gasteiger partial charge in [-0.2, -0.15) is 0 Å². The van der Waals surface area contributed by atoms with E-state index in [0.29, 0.717) is 36.0 Å². The summed E-state index contributed by atoms with van der Waals surface area (Å²) in [6.45, 7) is 5.47. The Morgan fingerprint density at radius 1 is 0.917 bits per heavy atom. The molecule has 36 heavy (non-hydrogen) atoms. The van der Waals surface area contributed by atoms with E-state index in [2.05, 4.69) is 11.8 Å². The van der Waals surface area contributed by atoms with Crippen LogP contribution in [0, 0.1) is 6.92 Å². The number of halogens is 2. The van der Waals surface area contributed by atoms with E-state index >= 15 is 0 Å². The molecule has 5 nitrogen and oxygen atoms in total. The fourth-order valence-corrected chi connectivity index (χ4v) is 6.21. The average Bonchev–Trinajstić information content (AvgIpc) is 3.26. The molecule has 0 unspecified atom stereocenters. The van der Waals surface area contributed by atoms with Crippen LogP contribution >= 0.6 is 35.0 Å². The van der Waals surface area contributed by atoms with Crippen LogP contribution in [0.2, 0.25) is 10.0 Å². The molecule has 5 rings (SSSR count). The number of hydrogen-bond donors (Lipinski definition) is 0. The summed E-state index contributed by atoms with van der Waals surface area (Å²) in [4.78, 5) is 31.9. The topological polar surface area (TPSA) is 43.9 Å². The van der Waals surface area contributed by atoms with Crippen molar-refractivity contribution in [2.45, 2.75) is 18.8 Å². The SMILES string of the molecule is Cc1ccc(Cl)cc1N1CCN(C(=O)c2ccc([C@@H]3SCC(=O)N3Cc3ccc(Cl)cc3)cc2)CC1. The molecule has 0 saturated carbocycles. The maximum atomic E-state index is 13.2. The summed E-state index contributed by atoms with van der Waals surface area (Å²) in [5, 5.41) is 1.34. The Morgan fingerprint density at radius 3 is 2.28 bits per heavy atom. The second-order valence-electron chi connectivity index (χ2n) is 9.14. The number of hydrogen-bond acceptors (Lipinski definition) is 4. The van der Waals surface area contributed by atoms with E-state index in [-0.39, 0.29) is 17.2 Å². The van der Waals surface area contributed by atoms with Crippen LogP contribution < -0.4 is 4.90 Å². The van der Waals surface area contributed by atoms with Crippen molar-refractivity contribution in [1.29, 1.82) is 0 Å². The van der Waals surface area contributed by atoms with Gasteiger partial charge < -0.3 is 14.7 Å². The lowest BCUT2D eigenvalue weighted by molar-refractivity contribution is -0.128. The van der Waals surface area contributed by atoms with Gasteiger partial charge in [-0.25, -0.2) is 0 Å². The van der Waals surface area contributed by atoms with E-state index in [4.69, 9.17) is 23.2 Å². The zero-order valence-electron chi connectivity index (χ0n) is 20.0. The number of carbonyl (C=O) groups is 2. The van der Waals surface area contributed by atoms with Gasteiger partial charge in [0.25, 0.3) is 5.91 Å². The van der Waals surface area contributed by atoms with Crippen LogP contribution in [0.25, 0.3) is 0 Å². The van der Waals surface area contributed by atoms with Gasteiger partial charge >= 0.3 is 0 Å². The number of benzene rings is 3. The highest BCUT2D eigenvalue weighted by atomic mass is 35.5. The van der Waals surface area contributed by atoms with E-state index < -0.39 is 0 Å². The van der Waals surface area contributed by atoms with Gasteiger partial charge in [-0.05, 0) is 60.0 Å². The van der Waals surface area contributed by atoms with Gasteiger partial charge in [0.05, 0.1) is 5.75 Å². The second-order valence-corrected chi connectivity index (χ2v) is 11.1. The van der Waals surface area contributed by atoms with Crippen molar-refractivity contribution in [1.82, 2.24) is 9.80 Å². The molecule has 0 aromatic heterocycles. The number of piperazine rings is 1. The molecule has 0 radical (unpaired) electrons. The monoisotopic (exact) mass is 539 g/mol. The minimum Gasteiger partial charge on any atom is -0.368 e. The molecular formula is C28H27Cl2N3O2S. The zero-order valence-corrected chi connectivity index (χ0v) is 22.3. The Balaban J connectivity index is 1.23. The number of amides is 2. The Bertz CT molecular complexity index is 1260. The van der Waals surface area contributed by atoms with Gasteiger partial charge in [0.15, 0.2) is 0 Å². The highest BCUT2D eigenvalue weighted by Crippen LogP contribution is 2.39. The first-order valence-electron chi connectivity index (χ1n) is 11.9. The minimum atomic E-state index is -0.0678. The molecule has 0 N–H and O–H groups in total. The van der Waals surface area contributed by atoms with Crippen LogP contribution in [-0.4, -0.2) is 53.5 Å². The average molecular weight is 541 g/mol. The third kappa shape index (κ3) is 5.36. The van der Waals surface area contributed by atoms with Crippen LogP contribution in [0.4, 0.5) is 5.69 Å². The predicted octanol–water partition coefficient (Wildman–Crippen LogP) is 6.04. The van der Waals surface area contributed by atoms with E-state index in [9.17, 15) is 9.59 Å². The Labute approximate surface area is 226 Å². The van der Waals surface area contributed by atoms with Crippen molar-refractivity contribution in [3.63, 3.8) is 0 Å². The molecule has 2 saturated heterocycles. The van der Waals surface area contributed by atoms with E-state index in [0.717, 1.165) is 34.9 Å². The summed E-state index contributed by atoms with van der Waals surface area (Å²) < 4.78 is 0. The van der Waals surface area contributed by atoms with Gasteiger partial charge in [0.1, 0.15) is 5.37 Å². The molecule has 1 atom stereocenters. The number of nitrogens with zero attached hydrogens (tertiary/aromatic N) is 3. The molecule has 0 spiro atoms. The first kappa shape index (κ1) is 25.0. The molecule has 2 heterocycles. The summed E-state index contributed by atoms with van der Waals surface area (Å²) in [5.74, 6) is 0.611. The third-order valence-corrected chi connectivity index (χ3v) is 8.50. The lowest BCUT2D eigenvalue weighted by Gasteiger charge is -2.37. The first-order valence-corrected chi connectivity index (χ1v) is 13.8. The summed E-state index contributed by atoms with van der Waals surface area (Å²) in [6.07, 6.45) is 0. The quantitative estimate of drug-likeness (QED) is 0.396. The van der Waals surface area contributed by atoms with Crippen molar-refractivity contribution in [2.24, 2.45) is 0 Å². The van der Waals surface area contributed by atoms with Crippen LogP contribution in [0.1, 0.15) is 32.4 Å². The van der Waals surface area contributed by atoms with Crippen molar-refractivity contribution in [3.05, 3.63) is 99.0 Å². The smallest absolute Gasteiger partial charge is 0.253 e. The lowest BCUT2D eigenvalue weighted by Crippen LogP contribution is -2.49. The summed E-state index contributed by atoms with van der Waals surface area (Å²) in [6, 6.07) is 21.2. The molecule has 186 valence electrons. The highest BCUT2D eigenvalue weighted by molar-refractivity contribution is 8.00. The minimum absolute atomic E-state index is 0.0391.